The molecule has 9 nitrogen and oxygen atoms in total. The van der Waals surface area contributed by atoms with E-state index in [9.17, 15) is 13.6 Å². The fourth-order valence-corrected chi connectivity index (χ4v) is 5.26. The van der Waals surface area contributed by atoms with E-state index in [1.54, 1.807) is 25.3 Å². The maximum atomic E-state index is 13.5. The zero-order chi connectivity index (χ0) is 25.3. The second-order valence-corrected chi connectivity index (χ2v) is 9.62. The number of alkyl halides is 2. The highest BCUT2D eigenvalue weighted by atomic mass is 19.3. The summed E-state index contributed by atoms with van der Waals surface area (Å²) in [6.45, 7) is 2.31. The highest BCUT2D eigenvalue weighted by Crippen LogP contribution is 2.38. The maximum Gasteiger partial charge on any atom is 0.256 e. The van der Waals surface area contributed by atoms with Crippen molar-refractivity contribution in [2.75, 3.05) is 38.8 Å². The van der Waals surface area contributed by atoms with E-state index in [0.717, 1.165) is 29.9 Å². The Bertz CT molecular complexity index is 1110. The quantitative estimate of drug-likeness (QED) is 0.594. The minimum atomic E-state index is -2.64. The lowest BCUT2D eigenvalue weighted by atomic mass is 9.86. The van der Waals surface area contributed by atoms with Gasteiger partial charge in [-0.15, -0.1) is 0 Å². The first-order valence-electron chi connectivity index (χ1n) is 12.4. The van der Waals surface area contributed by atoms with E-state index < -0.39 is 5.92 Å². The topological polar surface area (TPSA) is 89.9 Å². The van der Waals surface area contributed by atoms with E-state index in [4.69, 9.17) is 14.2 Å². The van der Waals surface area contributed by atoms with Crippen LogP contribution >= 0.6 is 0 Å². The molecule has 1 unspecified atom stereocenters. The SMILES string of the molecule is COc1cc(N2CCc3ncnc(OC4CCN(C(=O)C5CCC(F)(F)CC5)C4)c3C2)cnc1OC. The van der Waals surface area contributed by atoms with E-state index in [1.165, 1.54) is 6.33 Å². The molecule has 2 aromatic rings. The predicted octanol–water partition coefficient (Wildman–Crippen LogP) is 3.26. The van der Waals surface area contributed by atoms with Crippen LogP contribution in [0.5, 0.6) is 17.5 Å². The zero-order valence-corrected chi connectivity index (χ0v) is 20.6. The molecule has 11 heteroatoms. The van der Waals surface area contributed by atoms with Gasteiger partial charge >= 0.3 is 0 Å². The first-order chi connectivity index (χ1) is 17.4. The third kappa shape index (κ3) is 5.01. The van der Waals surface area contributed by atoms with E-state index in [0.29, 0.717) is 43.6 Å². The Labute approximate surface area is 208 Å². The summed E-state index contributed by atoms with van der Waals surface area (Å²) < 4.78 is 43.9. The van der Waals surface area contributed by atoms with Crippen LogP contribution in [0, 0.1) is 5.92 Å². The Morgan fingerprint density at radius 3 is 2.61 bits per heavy atom. The number of hydrogen-bond donors (Lipinski definition) is 0. The normalized spacial score (nSPS) is 21.7. The third-order valence-electron chi connectivity index (χ3n) is 7.35. The van der Waals surface area contributed by atoms with Crippen molar-refractivity contribution in [3.05, 3.63) is 29.8 Å². The maximum absolute atomic E-state index is 13.5. The van der Waals surface area contributed by atoms with Crippen LogP contribution < -0.4 is 19.1 Å². The Kier molecular flexibility index (Phi) is 6.81. The Morgan fingerprint density at radius 1 is 1.06 bits per heavy atom. The number of likely N-dealkylation sites (tertiary alicyclic amines) is 1. The molecular weight excluding hydrogens is 472 g/mol. The first-order valence-corrected chi connectivity index (χ1v) is 12.4. The fraction of sp³-hybridized carbons (Fsp3) is 0.600. The smallest absolute Gasteiger partial charge is 0.256 e. The average Bonchev–Trinajstić information content (AvgIpc) is 3.36. The van der Waals surface area contributed by atoms with Gasteiger partial charge in [0.15, 0.2) is 5.75 Å². The number of ether oxygens (including phenoxy) is 3. The molecule has 1 saturated heterocycles. The minimum Gasteiger partial charge on any atom is -0.491 e. The summed E-state index contributed by atoms with van der Waals surface area (Å²) in [5, 5.41) is 0. The van der Waals surface area contributed by atoms with Crippen molar-refractivity contribution in [3.63, 3.8) is 0 Å². The van der Waals surface area contributed by atoms with Crippen molar-refractivity contribution in [2.24, 2.45) is 5.92 Å². The highest BCUT2D eigenvalue weighted by Gasteiger charge is 2.40. The van der Waals surface area contributed by atoms with Crippen molar-refractivity contribution in [1.82, 2.24) is 19.9 Å². The van der Waals surface area contributed by atoms with Crippen molar-refractivity contribution < 1.29 is 27.8 Å². The number of nitrogens with zero attached hydrogens (tertiary/aromatic N) is 5. The van der Waals surface area contributed by atoms with Crippen LogP contribution in [0.2, 0.25) is 0 Å². The highest BCUT2D eigenvalue weighted by molar-refractivity contribution is 5.79. The molecule has 2 fully saturated rings. The molecule has 2 aliphatic heterocycles. The van der Waals surface area contributed by atoms with Crippen LogP contribution in [-0.4, -0.2) is 71.6 Å². The van der Waals surface area contributed by atoms with Gasteiger partial charge in [0.05, 0.1) is 50.5 Å². The van der Waals surface area contributed by atoms with Gasteiger partial charge in [-0.1, -0.05) is 0 Å². The summed E-state index contributed by atoms with van der Waals surface area (Å²) >= 11 is 0. The number of amides is 1. The molecule has 5 rings (SSSR count). The summed E-state index contributed by atoms with van der Waals surface area (Å²) in [6, 6.07) is 1.89. The lowest BCUT2D eigenvalue weighted by Crippen LogP contribution is -2.39. The minimum absolute atomic E-state index is 0.0338. The fourth-order valence-electron chi connectivity index (χ4n) is 5.26. The van der Waals surface area contributed by atoms with Crippen molar-refractivity contribution in [3.8, 4) is 17.5 Å². The van der Waals surface area contributed by atoms with E-state index in [1.807, 2.05) is 6.07 Å². The number of halogens is 2. The molecule has 1 atom stereocenters. The van der Waals surface area contributed by atoms with Crippen LogP contribution in [-0.2, 0) is 17.8 Å². The largest absolute Gasteiger partial charge is 0.491 e. The van der Waals surface area contributed by atoms with Crippen molar-refractivity contribution in [1.29, 1.82) is 0 Å². The number of pyridine rings is 1. The van der Waals surface area contributed by atoms with E-state index in [-0.39, 0.29) is 43.6 Å². The second-order valence-electron chi connectivity index (χ2n) is 9.62. The van der Waals surface area contributed by atoms with Gasteiger partial charge < -0.3 is 24.0 Å². The zero-order valence-electron chi connectivity index (χ0n) is 20.6. The number of fused-ring (bicyclic) bond motifs is 1. The first kappa shape index (κ1) is 24.5. The lowest BCUT2D eigenvalue weighted by Gasteiger charge is -2.31. The van der Waals surface area contributed by atoms with Gasteiger partial charge in [-0.3, -0.25) is 4.79 Å². The number of methoxy groups -OCH3 is 2. The van der Waals surface area contributed by atoms with Gasteiger partial charge in [-0.2, -0.15) is 0 Å². The molecule has 0 spiro atoms. The van der Waals surface area contributed by atoms with E-state index in [2.05, 4.69) is 19.9 Å². The van der Waals surface area contributed by atoms with Crippen LogP contribution in [0.15, 0.2) is 18.6 Å². The number of carbonyl (C=O) groups is 1. The second kappa shape index (κ2) is 10.0. The van der Waals surface area contributed by atoms with Crippen LogP contribution in [0.1, 0.15) is 43.4 Å². The van der Waals surface area contributed by atoms with Crippen LogP contribution in [0.25, 0.3) is 0 Å². The Hall–Kier alpha value is -3.24. The molecule has 1 aliphatic carbocycles. The van der Waals surface area contributed by atoms with Crippen LogP contribution in [0.4, 0.5) is 14.5 Å². The molecule has 0 radical (unpaired) electrons. The molecule has 0 aromatic carbocycles. The monoisotopic (exact) mass is 503 g/mol. The van der Waals surface area contributed by atoms with Gasteiger partial charge in [0, 0.05) is 50.8 Å². The molecule has 4 heterocycles. The van der Waals surface area contributed by atoms with Gasteiger partial charge in [0.1, 0.15) is 12.4 Å². The molecule has 1 saturated carbocycles. The van der Waals surface area contributed by atoms with Crippen molar-refractivity contribution in [2.45, 2.75) is 57.1 Å². The third-order valence-corrected chi connectivity index (χ3v) is 7.35. The summed E-state index contributed by atoms with van der Waals surface area (Å²) in [6.07, 6.45) is 4.53. The molecular formula is C25H31F2N5O4. The van der Waals surface area contributed by atoms with Gasteiger partial charge in [-0.05, 0) is 12.8 Å². The van der Waals surface area contributed by atoms with E-state index >= 15 is 0 Å². The number of carbonyl (C=O) groups excluding carboxylic acids is 1. The van der Waals surface area contributed by atoms with Gasteiger partial charge in [0.25, 0.3) is 5.88 Å². The van der Waals surface area contributed by atoms with Gasteiger partial charge in [-0.25, -0.2) is 23.7 Å². The molecule has 2 aromatic heterocycles. The lowest BCUT2D eigenvalue weighted by molar-refractivity contribution is -0.138. The summed E-state index contributed by atoms with van der Waals surface area (Å²) in [4.78, 5) is 30.0. The molecule has 36 heavy (non-hydrogen) atoms. The summed E-state index contributed by atoms with van der Waals surface area (Å²) in [5.41, 5.74) is 2.75. The molecule has 0 N–H and O–H groups in total. The number of hydrogen-bond acceptors (Lipinski definition) is 8. The van der Waals surface area contributed by atoms with Gasteiger partial charge in [0.2, 0.25) is 17.7 Å². The molecule has 194 valence electrons. The summed E-state index contributed by atoms with van der Waals surface area (Å²) in [5.74, 6) is -1.49. The Morgan fingerprint density at radius 2 is 1.86 bits per heavy atom. The van der Waals surface area contributed by atoms with Crippen LogP contribution in [0.3, 0.4) is 0 Å². The Balaban J connectivity index is 1.25. The van der Waals surface area contributed by atoms with Crippen molar-refractivity contribution >= 4 is 11.6 Å². The summed E-state index contributed by atoms with van der Waals surface area (Å²) in [7, 11) is 3.13. The predicted molar refractivity (Wildman–Crippen MR) is 127 cm³/mol. The average molecular weight is 504 g/mol. The number of rotatable bonds is 6. The number of aromatic nitrogens is 3. The molecule has 0 bridgehead atoms. The number of anilines is 1. The standard InChI is InChI=1S/C25H31F2N5O4/c1-34-21-11-17(12-28-23(21)35-2)31-10-6-20-19(14-31)22(30-15-29-20)36-18-5-9-32(13-18)24(33)16-3-7-25(26,27)8-4-16/h11-12,15-16,18H,3-10,13-14H2,1-2H3. The molecule has 3 aliphatic rings. The molecule has 1 amide bonds.